The molecule has 3 heteroatoms. The van der Waals surface area contributed by atoms with Gasteiger partial charge in [-0.05, 0) is 56.5 Å². The smallest absolute Gasteiger partial charge is 0.0580 e. The molecule has 0 bridgehead atoms. The standard InChI is InChI=1S/C15H25NOS/c1-3-7-16-14(15-6-5-8-18-15)11-12-9-13(10-12)17-4-2/h5-6,8,12-14,16H,3-4,7,9-11H2,1-2H3. The Kier molecular flexibility index (Phi) is 5.67. The van der Waals surface area contributed by atoms with Crippen molar-refractivity contribution in [2.45, 2.75) is 51.7 Å². The van der Waals surface area contributed by atoms with Gasteiger partial charge in [0, 0.05) is 17.5 Å². The summed E-state index contributed by atoms with van der Waals surface area (Å²) in [5.74, 6) is 0.845. The van der Waals surface area contributed by atoms with Crippen LogP contribution < -0.4 is 5.32 Å². The van der Waals surface area contributed by atoms with E-state index < -0.39 is 0 Å². The highest BCUT2D eigenvalue weighted by Gasteiger charge is 2.31. The van der Waals surface area contributed by atoms with Gasteiger partial charge in [0.25, 0.3) is 0 Å². The Labute approximate surface area is 115 Å². The second-order valence-electron chi connectivity index (χ2n) is 5.17. The largest absolute Gasteiger partial charge is 0.378 e. The highest BCUT2D eigenvalue weighted by molar-refractivity contribution is 7.10. The Hall–Kier alpha value is -0.380. The third-order valence-electron chi connectivity index (χ3n) is 3.69. The fourth-order valence-electron chi connectivity index (χ4n) is 2.68. The van der Waals surface area contributed by atoms with Crippen LogP contribution in [0.15, 0.2) is 17.5 Å². The topological polar surface area (TPSA) is 21.3 Å². The SMILES string of the molecule is CCCNC(CC1CC(OCC)C1)c1cccs1. The Morgan fingerprint density at radius 1 is 1.44 bits per heavy atom. The van der Waals surface area contributed by atoms with E-state index in [0.29, 0.717) is 12.1 Å². The first-order valence-corrected chi connectivity index (χ1v) is 8.09. The molecule has 1 heterocycles. The summed E-state index contributed by atoms with van der Waals surface area (Å²) in [7, 11) is 0. The Morgan fingerprint density at radius 3 is 2.89 bits per heavy atom. The van der Waals surface area contributed by atoms with Crippen LogP contribution in [0.25, 0.3) is 0 Å². The van der Waals surface area contributed by atoms with Crippen molar-refractivity contribution < 1.29 is 4.74 Å². The molecule has 1 fully saturated rings. The van der Waals surface area contributed by atoms with Crippen LogP contribution >= 0.6 is 11.3 Å². The van der Waals surface area contributed by atoms with Crippen LogP contribution in [-0.2, 0) is 4.74 Å². The van der Waals surface area contributed by atoms with E-state index in [0.717, 1.165) is 19.1 Å². The van der Waals surface area contributed by atoms with Gasteiger partial charge >= 0.3 is 0 Å². The number of hydrogen-bond acceptors (Lipinski definition) is 3. The normalized spacial score (nSPS) is 24.8. The lowest BCUT2D eigenvalue weighted by atomic mass is 9.78. The van der Waals surface area contributed by atoms with E-state index in [1.165, 1.54) is 30.6 Å². The molecule has 102 valence electrons. The maximum Gasteiger partial charge on any atom is 0.0580 e. The molecule has 0 radical (unpaired) electrons. The Balaban J connectivity index is 1.80. The summed E-state index contributed by atoms with van der Waals surface area (Å²) in [6.45, 7) is 6.29. The predicted octanol–water partition coefficient (Wildman–Crippen LogP) is 3.99. The minimum Gasteiger partial charge on any atom is -0.378 e. The van der Waals surface area contributed by atoms with Crippen LogP contribution in [0.2, 0.25) is 0 Å². The molecule has 0 aromatic carbocycles. The van der Waals surface area contributed by atoms with E-state index in [2.05, 4.69) is 36.7 Å². The molecule has 1 unspecified atom stereocenters. The molecule has 1 aliphatic carbocycles. The molecular formula is C15H25NOS. The first kappa shape index (κ1) is 14.0. The van der Waals surface area contributed by atoms with E-state index in [9.17, 15) is 0 Å². The van der Waals surface area contributed by atoms with Crippen molar-refractivity contribution in [3.8, 4) is 0 Å². The first-order valence-electron chi connectivity index (χ1n) is 7.21. The van der Waals surface area contributed by atoms with Gasteiger partial charge in [-0.3, -0.25) is 0 Å². The minimum absolute atomic E-state index is 0.537. The van der Waals surface area contributed by atoms with E-state index in [4.69, 9.17) is 4.74 Å². The molecular weight excluding hydrogens is 242 g/mol. The molecule has 2 nitrogen and oxygen atoms in total. The van der Waals surface area contributed by atoms with Crippen LogP contribution in [-0.4, -0.2) is 19.3 Å². The number of rotatable bonds is 8. The van der Waals surface area contributed by atoms with Crippen molar-refractivity contribution in [1.29, 1.82) is 0 Å². The molecule has 2 rings (SSSR count). The predicted molar refractivity (Wildman–Crippen MR) is 78.1 cm³/mol. The Bertz CT molecular complexity index is 319. The molecule has 1 atom stereocenters. The molecule has 0 amide bonds. The molecule has 18 heavy (non-hydrogen) atoms. The summed E-state index contributed by atoms with van der Waals surface area (Å²) in [6.07, 6.45) is 5.51. The van der Waals surface area contributed by atoms with Crippen LogP contribution in [0.3, 0.4) is 0 Å². The maximum atomic E-state index is 5.64. The van der Waals surface area contributed by atoms with Crippen LogP contribution in [0, 0.1) is 5.92 Å². The lowest BCUT2D eigenvalue weighted by Crippen LogP contribution is -2.34. The van der Waals surface area contributed by atoms with E-state index in [1.54, 1.807) is 0 Å². The first-order chi connectivity index (χ1) is 8.83. The van der Waals surface area contributed by atoms with Crippen molar-refractivity contribution in [2.75, 3.05) is 13.2 Å². The van der Waals surface area contributed by atoms with Gasteiger partial charge in [0.15, 0.2) is 0 Å². The summed E-state index contributed by atoms with van der Waals surface area (Å²) in [6, 6.07) is 4.97. The molecule has 1 N–H and O–H groups in total. The van der Waals surface area contributed by atoms with Crippen molar-refractivity contribution in [3.63, 3.8) is 0 Å². The third kappa shape index (κ3) is 3.81. The summed E-state index contributed by atoms with van der Waals surface area (Å²) in [5.41, 5.74) is 0. The second-order valence-corrected chi connectivity index (χ2v) is 6.15. The van der Waals surface area contributed by atoms with Gasteiger partial charge in [-0.2, -0.15) is 0 Å². The quantitative estimate of drug-likeness (QED) is 0.769. The molecule has 1 aromatic rings. The molecule has 1 saturated carbocycles. The lowest BCUT2D eigenvalue weighted by molar-refractivity contribution is -0.0290. The van der Waals surface area contributed by atoms with Crippen molar-refractivity contribution in [3.05, 3.63) is 22.4 Å². The molecule has 1 aromatic heterocycles. The summed E-state index contributed by atoms with van der Waals surface area (Å²) >= 11 is 1.88. The van der Waals surface area contributed by atoms with Crippen molar-refractivity contribution in [2.24, 2.45) is 5.92 Å². The zero-order chi connectivity index (χ0) is 12.8. The highest BCUT2D eigenvalue weighted by Crippen LogP contribution is 2.37. The van der Waals surface area contributed by atoms with E-state index in [1.807, 2.05) is 11.3 Å². The van der Waals surface area contributed by atoms with Crippen LogP contribution in [0.5, 0.6) is 0 Å². The second kappa shape index (κ2) is 7.27. The molecule has 1 aliphatic rings. The van der Waals surface area contributed by atoms with Crippen LogP contribution in [0.1, 0.15) is 50.4 Å². The van der Waals surface area contributed by atoms with Gasteiger partial charge in [-0.15, -0.1) is 11.3 Å². The molecule has 0 saturated heterocycles. The van der Waals surface area contributed by atoms with Crippen LogP contribution in [0.4, 0.5) is 0 Å². The fraction of sp³-hybridized carbons (Fsp3) is 0.733. The number of nitrogens with one attached hydrogen (secondary N) is 1. The zero-order valence-electron chi connectivity index (χ0n) is 11.5. The summed E-state index contributed by atoms with van der Waals surface area (Å²) in [4.78, 5) is 1.49. The average Bonchev–Trinajstić information content (AvgIpc) is 2.84. The number of hydrogen-bond donors (Lipinski definition) is 1. The van der Waals surface area contributed by atoms with Crippen molar-refractivity contribution >= 4 is 11.3 Å². The van der Waals surface area contributed by atoms with Crippen molar-refractivity contribution in [1.82, 2.24) is 5.32 Å². The van der Waals surface area contributed by atoms with Gasteiger partial charge in [0.05, 0.1) is 6.10 Å². The van der Waals surface area contributed by atoms with Gasteiger partial charge in [-0.25, -0.2) is 0 Å². The maximum absolute atomic E-state index is 5.64. The Morgan fingerprint density at radius 2 is 2.28 bits per heavy atom. The summed E-state index contributed by atoms with van der Waals surface area (Å²) < 4.78 is 5.64. The van der Waals surface area contributed by atoms with Gasteiger partial charge in [0.1, 0.15) is 0 Å². The fourth-order valence-corrected chi connectivity index (χ4v) is 3.50. The van der Waals surface area contributed by atoms with Gasteiger partial charge in [0.2, 0.25) is 0 Å². The lowest BCUT2D eigenvalue weighted by Gasteiger charge is -2.37. The number of thiophene rings is 1. The molecule has 0 aliphatic heterocycles. The zero-order valence-corrected chi connectivity index (χ0v) is 12.3. The monoisotopic (exact) mass is 267 g/mol. The average molecular weight is 267 g/mol. The van der Waals surface area contributed by atoms with Gasteiger partial charge < -0.3 is 10.1 Å². The van der Waals surface area contributed by atoms with Gasteiger partial charge in [-0.1, -0.05) is 13.0 Å². The van der Waals surface area contributed by atoms with E-state index in [-0.39, 0.29) is 0 Å². The third-order valence-corrected chi connectivity index (χ3v) is 4.68. The number of ether oxygens (including phenoxy) is 1. The summed E-state index contributed by atoms with van der Waals surface area (Å²) in [5, 5.41) is 5.87. The molecule has 0 spiro atoms. The minimum atomic E-state index is 0.537. The highest BCUT2D eigenvalue weighted by atomic mass is 32.1. The van der Waals surface area contributed by atoms with E-state index >= 15 is 0 Å².